The molecule has 0 atom stereocenters. The van der Waals surface area contributed by atoms with Crippen LogP contribution in [0.25, 0.3) is 6.08 Å². The quantitative estimate of drug-likeness (QED) is 0.618. The average Bonchev–Trinajstić information content (AvgIpc) is 2.81. The van der Waals surface area contributed by atoms with Crippen molar-refractivity contribution >= 4 is 28.9 Å². The van der Waals surface area contributed by atoms with Crippen molar-refractivity contribution in [2.45, 2.75) is 6.92 Å². The summed E-state index contributed by atoms with van der Waals surface area (Å²) in [5.41, 5.74) is 3.02. The molecule has 0 aliphatic carbocycles. The van der Waals surface area contributed by atoms with Gasteiger partial charge in [-0.15, -0.1) is 11.3 Å². The minimum atomic E-state index is 0.0399. The Morgan fingerprint density at radius 2 is 1.84 bits per heavy atom. The number of thiophene rings is 1. The molecule has 0 saturated heterocycles. The topological polar surface area (TPSA) is 20.3 Å². The zero-order valence-electron chi connectivity index (χ0n) is 11.4. The molecule has 0 aliphatic rings. The van der Waals surface area contributed by atoms with E-state index in [-0.39, 0.29) is 5.78 Å². The Labute approximate surface area is 118 Å². The zero-order valence-corrected chi connectivity index (χ0v) is 12.2. The molecule has 0 unspecified atom stereocenters. The van der Waals surface area contributed by atoms with Crippen LogP contribution < -0.4 is 4.90 Å². The molecule has 19 heavy (non-hydrogen) atoms. The van der Waals surface area contributed by atoms with E-state index in [1.807, 2.05) is 61.6 Å². The Balaban J connectivity index is 2.12. The number of hydrogen-bond acceptors (Lipinski definition) is 3. The van der Waals surface area contributed by atoms with Crippen molar-refractivity contribution in [2.75, 3.05) is 19.0 Å². The number of carbonyl (C=O) groups is 1. The molecule has 0 aliphatic heterocycles. The number of aryl methyl sites for hydroxylation is 1. The monoisotopic (exact) mass is 271 g/mol. The number of rotatable bonds is 4. The largest absolute Gasteiger partial charge is 0.378 e. The minimum Gasteiger partial charge on any atom is -0.378 e. The molecule has 0 fully saturated rings. The van der Waals surface area contributed by atoms with Crippen molar-refractivity contribution in [2.24, 2.45) is 0 Å². The maximum atomic E-state index is 12.0. The average molecular weight is 271 g/mol. The van der Waals surface area contributed by atoms with Crippen LogP contribution in [0.3, 0.4) is 0 Å². The van der Waals surface area contributed by atoms with Gasteiger partial charge in [0.2, 0.25) is 0 Å². The second-order valence-corrected chi connectivity index (χ2v) is 5.55. The van der Waals surface area contributed by atoms with Crippen LogP contribution in [0.2, 0.25) is 0 Å². The van der Waals surface area contributed by atoms with Crippen molar-refractivity contribution in [1.29, 1.82) is 0 Å². The van der Waals surface area contributed by atoms with E-state index in [9.17, 15) is 4.79 Å². The van der Waals surface area contributed by atoms with Gasteiger partial charge in [0.05, 0.1) is 0 Å². The summed E-state index contributed by atoms with van der Waals surface area (Å²) >= 11 is 1.65. The van der Waals surface area contributed by atoms with E-state index in [2.05, 4.69) is 6.07 Å². The van der Waals surface area contributed by atoms with E-state index in [0.29, 0.717) is 0 Å². The lowest BCUT2D eigenvalue weighted by Gasteiger charge is -2.11. The fraction of sp³-hybridized carbons (Fsp3) is 0.188. The summed E-state index contributed by atoms with van der Waals surface area (Å²) in [4.78, 5) is 15.2. The molecular formula is C16H17NOS. The molecule has 0 radical (unpaired) electrons. The van der Waals surface area contributed by atoms with Crippen molar-refractivity contribution in [3.63, 3.8) is 0 Å². The molecule has 0 amide bonds. The van der Waals surface area contributed by atoms with E-state index in [1.54, 1.807) is 17.4 Å². The summed E-state index contributed by atoms with van der Waals surface area (Å²) < 4.78 is 0. The van der Waals surface area contributed by atoms with Gasteiger partial charge in [-0.3, -0.25) is 4.79 Å². The second-order valence-electron chi connectivity index (χ2n) is 4.61. The van der Waals surface area contributed by atoms with Gasteiger partial charge in [-0.25, -0.2) is 0 Å². The maximum absolute atomic E-state index is 12.0. The first kappa shape index (κ1) is 13.6. The van der Waals surface area contributed by atoms with Crippen LogP contribution in [0.15, 0.2) is 41.8 Å². The van der Waals surface area contributed by atoms with Gasteiger partial charge in [0.25, 0.3) is 0 Å². The SMILES string of the molecule is Cc1ccsc1/C=C/C(=O)c1ccc(N(C)C)cc1. The summed E-state index contributed by atoms with van der Waals surface area (Å²) in [5.74, 6) is 0.0399. The maximum Gasteiger partial charge on any atom is 0.185 e. The highest BCUT2D eigenvalue weighted by Crippen LogP contribution is 2.18. The Morgan fingerprint density at radius 3 is 2.37 bits per heavy atom. The van der Waals surface area contributed by atoms with Gasteiger partial charge in [0.1, 0.15) is 0 Å². The second kappa shape index (κ2) is 5.85. The van der Waals surface area contributed by atoms with E-state index in [0.717, 1.165) is 16.1 Å². The molecular weight excluding hydrogens is 254 g/mol. The van der Waals surface area contributed by atoms with Crippen molar-refractivity contribution in [1.82, 2.24) is 0 Å². The number of carbonyl (C=O) groups excluding carboxylic acids is 1. The zero-order chi connectivity index (χ0) is 13.8. The van der Waals surface area contributed by atoms with Gasteiger partial charge in [0.15, 0.2) is 5.78 Å². The number of benzene rings is 1. The molecule has 2 nitrogen and oxygen atoms in total. The Morgan fingerprint density at radius 1 is 1.16 bits per heavy atom. The molecule has 3 heteroatoms. The Kier molecular flexibility index (Phi) is 4.17. The number of ketones is 1. The van der Waals surface area contributed by atoms with Crippen LogP contribution in [0, 0.1) is 6.92 Å². The highest BCUT2D eigenvalue weighted by Gasteiger charge is 2.03. The number of nitrogens with zero attached hydrogens (tertiary/aromatic N) is 1. The van der Waals surface area contributed by atoms with Gasteiger partial charge >= 0.3 is 0 Å². The van der Waals surface area contributed by atoms with Crippen molar-refractivity contribution < 1.29 is 4.79 Å². The molecule has 0 spiro atoms. The Bertz CT molecular complexity index is 593. The third-order valence-corrected chi connectivity index (χ3v) is 3.94. The van der Waals surface area contributed by atoms with Crippen LogP contribution in [-0.4, -0.2) is 19.9 Å². The third-order valence-electron chi connectivity index (χ3n) is 2.96. The van der Waals surface area contributed by atoms with Crippen LogP contribution in [-0.2, 0) is 0 Å². The molecule has 98 valence electrons. The Hall–Kier alpha value is -1.87. The van der Waals surface area contributed by atoms with Gasteiger partial charge in [-0.2, -0.15) is 0 Å². The van der Waals surface area contributed by atoms with Crippen LogP contribution in [0.1, 0.15) is 20.8 Å². The molecule has 1 aromatic carbocycles. The molecule has 0 bridgehead atoms. The normalized spacial score (nSPS) is 10.9. The molecule has 1 heterocycles. The number of hydrogen-bond donors (Lipinski definition) is 0. The lowest BCUT2D eigenvalue weighted by molar-refractivity contribution is 0.104. The molecule has 2 aromatic rings. The smallest absolute Gasteiger partial charge is 0.185 e. The lowest BCUT2D eigenvalue weighted by atomic mass is 10.1. The predicted octanol–water partition coefficient (Wildman–Crippen LogP) is 4.02. The fourth-order valence-corrected chi connectivity index (χ4v) is 2.55. The highest BCUT2D eigenvalue weighted by molar-refractivity contribution is 7.11. The number of allylic oxidation sites excluding steroid dienone is 1. The summed E-state index contributed by atoms with van der Waals surface area (Å²) in [6.45, 7) is 2.05. The molecule has 1 aromatic heterocycles. The van der Waals surface area contributed by atoms with Crippen LogP contribution in [0.4, 0.5) is 5.69 Å². The van der Waals surface area contributed by atoms with E-state index < -0.39 is 0 Å². The van der Waals surface area contributed by atoms with Crippen molar-refractivity contribution in [3.8, 4) is 0 Å². The summed E-state index contributed by atoms with van der Waals surface area (Å²) in [6.07, 6.45) is 3.53. The summed E-state index contributed by atoms with van der Waals surface area (Å²) in [6, 6.07) is 9.70. The first-order chi connectivity index (χ1) is 9.08. The first-order valence-corrected chi connectivity index (χ1v) is 7.00. The summed E-state index contributed by atoms with van der Waals surface area (Å²) in [5, 5.41) is 2.03. The lowest BCUT2D eigenvalue weighted by Crippen LogP contribution is -2.08. The van der Waals surface area contributed by atoms with E-state index >= 15 is 0 Å². The van der Waals surface area contributed by atoms with Crippen LogP contribution in [0.5, 0.6) is 0 Å². The van der Waals surface area contributed by atoms with Gasteiger partial charge in [-0.05, 0) is 60.4 Å². The molecule has 0 saturated carbocycles. The van der Waals surface area contributed by atoms with Crippen LogP contribution >= 0.6 is 11.3 Å². The standard InChI is InChI=1S/C16H17NOS/c1-12-10-11-19-16(12)9-8-15(18)13-4-6-14(7-5-13)17(2)3/h4-11H,1-3H3/b9-8+. The fourth-order valence-electron chi connectivity index (χ4n) is 1.73. The van der Waals surface area contributed by atoms with Crippen molar-refractivity contribution in [3.05, 3.63) is 57.8 Å². The first-order valence-electron chi connectivity index (χ1n) is 6.12. The molecule has 2 rings (SSSR count). The summed E-state index contributed by atoms with van der Waals surface area (Å²) in [7, 11) is 3.96. The molecule has 0 N–H and O–H groups in total. The van der Waals surface area contributed by atoms with Gasteiger partial charge < -0.3 is 4.90 Å². The van der Waals surface area contributed by atoms with Gasteiger partial charge in [-0.1, -0.05) is 0 Å². The predicted molar refractivity (Wildman–Crippen MR) is 83.2 cm³/mol. The highest BCUT2D eigenvalue weighted by atomic mass is 32.1. The number of anilines is 1. The van der Waals surface area contributed by atoms with E-state index in [4.69, 9.17) is 0 Å². The minimum absolute atomic E-state index is 0.0399. The third kappa shape index (κ3) is 3.32. The van der Waals surface area contributed by atoms with E-state index in [1.165, 1.54) is 5.56 Å². The van der Waals surface area contributed by atoms with Gasteiger partial charge in [0, 0.05) is 30.2 Å².